The fourth-order valence-corrected chi connectivity index (χ4v) is 1.69. The van der Waals surface area contributed by atoms with E-state index in [1.807, 2.05) is 0 Å². The molecule has 1 rings (SSSR count). The van der Waals surface area contributed by atoms with Gasteiger partial charge < -0.3 is 0 Å². The summed E-state index contributed by atoms with van der Waals surface area (Å²) in [5, 5.41) is 4.07. The molecule has 0 aliphatic rings. The second-order valence-electron chi connectivity index (χ2n) is 3.19. The van der Waals surface area contributed by atoms with E-state index in [-0.39, 0.29) is 5.56 Å². The summed E-state index contributed by atoms with van der Waals surface area (Å²) in [5.74, 6) is 0.445. The zero-order valence-corrected chi connectivity index (χ0v) is 11.7. The second-order valence-corrected chi connectivity index (χ2v) is 5.43. The van der Waals surface area contributed by atoms with Gasteiger partial charge in [-0.25, -0.2) is 4.68 Å². The van der Waals surface area contributed by atoms with Crippen molar-refractivity contribution in [2.75, 3.05) is 0 Å². The average molecular weight is 404 g/mol. The van der Waals surface area contributed by atoms with Gasteiger partial charge in [-0.1, -0.05) is 13.8 Å². The summed E-state index contributed by atoms with van der Waals surface area (Å²) in [6.45, 7) is 4.82. The van der Waals surface area contributed by atoms with E-state index in [4.69, 9.17) is 0 Å². The van der Waals surface area contributed by atoms with Gasteiger partial charge in [0.1, 0.15) is 0 Å². The van der Waals surface area contributed by atoms with Crippen LogP contribution in [0.1, 0.15) is 13.8 Å². The van der Waals surface area contributed by atoms with Crippen molar-refractivity contribution in [3.05, 3.63) is 23.7 Å². The van der Waals surface area contributed by atoms with Crippen molar-refractivity contribution in [1.29, 1.82) is 0 Å². The van der Waals surface area contributed by atoms with Gasteiger partial charge in [-0.3, -0.25) is 4.79 Å². The summed E-state index contributed by atoms with van der Waals surface area (Å²) in [7, 11) is 0. The highest BCUT2D eigenvalue weighted by atomic mass is 127. The van der Waals surface area contributed by atoms with Crippen molar-refractivity contribution in [3.8, 4) is 0 Å². The maximum absolute atomic E-state index is 11.6. The lowest BCUT2D eigenvalue weighted by molar-refractivity contribution is 0.461. The summed E-state index contributed by atoms with van der Waals surface area (Å²) in [6.07, 6.45) is 1.73. The fraction of sp³-hybridized carbons (Fsp3) is 0.500. The third kappa shape index (κ3) is 2.90. The maximum Gasteiger partial charge on any atom is 0.281 e. The predicted octanol–water partition coefficient (Wildman–Crippen LogP) is 2.11. The molecule has 5 heteroatoms. The monoisotopic (exact) mass is 404 g/mol. The van der Waals surface area contributed by atoms with Crippen LogP contribution in [0.2, 0.25) is 0 Å². The van der Waals surface area contributed by atoms with E-state index >= 15 is 0 Å². The Morgan fingerprint density at radius 2 is 2.15 bits per heavy atom. The molecule has 0 bridgehead atoms. The number of hydrogen-bond acceptors (Lipinski definition) is 2. The molecule has 0 aromatic carbocycles. The molecular formula is C8H10I2N2O. The van der Waals surface area contributed by atoms with Gasteiger partial charge in [0.25, 0.3) is 5.56 Å². The topological polar surface area (TPSA) is 34.9 Å². The van der Waals surface area contributed by atoms with Crippen LogP contribution in [-0.2, 0) is 6.54 Å². The molecule has 13 heavy (non-hydrogen) atoms. The smallest absolute Gasteiger partial charge is 0.267 e. The molecule has 72 valence electrons. The Balaban J connectivity index is 3.12. The maximum atomic E-state index is 11.6. The Labute approximate surface area is 104 Å². The number of aromatic nitrogens is 2. The summed E-state index contributed by atoms with van der Waals surface area (Å²) in [5.41, 5.74) is 0.0150. The lowest BCUT2D eigenvalue weighted by Gasteiger charge is -2.07. The molecule has 0 aliphatic heterocycles. The van der Waals surface area contributed by atoms with Crippen LogP contribution in [0, 0.1) is 13.1 Å². The van der Waals surface area contributed by atoms with Crippen LogP contribution in [0.4, 0.5) is 0 Å². The van der Waals surface area contributed by atoms with Gasteiger partial charge in [0.2, 0.25) is 0 Å². The Kier molecular flexibility index (Phi) is 4.14. The highest BCUT2D eigenvalue weighted by molar-refractivity contribution is 14.1. The van der Waals surface area contributed by atoms with Crippen molar-refractivity contribution in [3.63, 3.8) is 0 Å². The third-order valence-corrected chi connectivity index (χ3v) is 4.37. The Morgan fingerprint density at radius 1 is 1.54 bits per heavy atom. The molecule has 0 atom stereocenters. The largest absolute Gasteiger partial charge is 0.281 e. The molecular weight excluding hydrogens is 394 g/mol. The molecule has 0 fully saturated rings. The first-order chi connectivity index (χ1) is 6.02. The number of halogens is 2. The van der Waals surface area contributed by atoms with E-state index < -0.39 is 0 Å². The normalized spacial score (nSPS) is 10.8. The van der Waals surface area contributed by atoms with Crippen molar-refractivity contribution in [1.82, 2.24) is 9.78 Å². The number of rotatable bonds is 2. The molecule has 0 saturated carbocycles. The standard InChI is InChI=1S/C8H10I2N2O/c1-5(2)4-12-8(13)7(10)6(9)3-11-12/h3,5H,4H2,1-2H3. The van der Waals surface area contributed by atoms with E-state index in [0.717, 1.165) is 7.14 Å². The molecule has 1 heterocycles. The van der Waals surface area contributed by atoms with Gasteiger partial charge in [-0.15, -0.1) is 0 Å². The SMILES string of the molecule is CC(C)Cn1ncc(I)c(I)c1=O. The Morgan fingerprint density at radius 3 is 2.69 bits per heavy atom. The van der Waals surface area contributed by atoms with E-state index in [2.05, 4.69) is 64.1 Å². The van der Waals surface area contributed by atoms with Crippen molar-refractivity contribution < 1.29 is 0 Å². The molecule has 0 spiro atoms. The minimum Gasteiger partial charge on any atom is -0.267 e. The van der Waals surface area contributed by atoms with Crippen LogP contribution in [0.25, 0.3) is 0 Å². The van der Waals surface area contributed by atoms with Crippen LogP contribution in [0.5, 0.6) is 0 Å². The molecule has 0 radical (unpaired) electrons. The van der Waals surface area contributed by atoms with Gasteiger partial charge in [0.05, 0.1) is 13.3 Å². The zero-order chi connectivity index (χ0) is 10.0. The van der Waals surface area contributed by atoms with E-state index in [1.165, 1.54) is 4.68 Å². The van der Waals surface area contributed by atoms with Crippen LogP contribution in [-0.4, -0.2) is 9.78 Å². The van der Waals surface area contributed by atoms with Crippen molar-refractivity contribution in [2.24, 2.45) is 5.92 Å². The summed E-state index contributed by atoms with van der Waals surface area (Å²) in [4.78, 5) is 11.6. The Hall–Kier alpha value is 0.340. The zero-order valence-electron chi connectivity index (χ0n) is 7.42. The molecule has 0 unspecified atom stereocenters. The van der Waals surface area contributed by atoms with Gasteiger partial charge in [0.15, 0.2) is 0 Å². The van der Waals surface area contributed by atoms with Gasteiger partial charge >= 0.3 is 0 Å². The Bertz CT molecular complexity index is 360. The molecule has 0 saturated heterocycles. The minimum absolute atomic E-state index is 0.0150. The van der Waals surface area contributed by atoms with Crippen LogP contribution in [0.3, 0.4) is 0 Å². The minimum atomic E-state index is 0.0150. The lowest BCUT2D eigenvalue weighted by atomic mass is 10.2. The van der Waals surface area contributed by atoms with Gasteiger partial charge in [-0.2, -0.15) is 5.10 Å². The van der Waals surface area contributed by atoms with Crippen LogP contribution in [0.15, 0.2) is 11.0 Å². The van der Waals surface area contributed by atoms with Crippen molar-refractivity contribution in [2.45, 2.75) is 20.4 Å². The van der Waals surface area contributed by atoms with Crippen LogP contribution < -0.4 is 5.56 Å². The van der Waals surface area contributed by atoms with Gasteiger partial charge in [-0.05, 0) is 51.1 Å². The highest BCUT2D eigenvalue weighted by Crippen LogP contribution is 2.08. The quantitative estimate of drug-likeness (QED) is 0.709. The van der Waals surface area contributed by atoms with E-state index in [9.17, 15) is 4.79 Å². The van der Waals surface area contributed by atoms with Crippen molar-refractivity contribution >= 4 is 45.2 Å². The molecule has 0 N–H and O–H groups in total. The first kappa shape index (κ1) is 11.4. The first-order valence-electron chi connectivity index (χ1n) is 3.93. The molecule has 1 aromatic rings. The third-order valence-electron chi connectivity index (χ3n) is 1.48. The molecule has 0 aliphatic carbocycles. The fourth-order valence-electron chi connectivity index (χ4n) is 0.921. The van der Waals surface area contributed by atoms with E-state index in [0.29, 0.717) is 12.5 Å². The summed E-state index contributed by atoms with van der Waals surface area (Å²) in [6, 6.07) is 0. The van der Waals surface area contributed by atoms with Gasteiger partial charge in [0, 0.05) is 6.54 Å². The summed E-state index contributed by atoms with van der Waals surface area (Å²) >= 11 is 4.18. The molecule has 1 aromatic heterocycles. The molecule has 0 amide bonds. The van der Waals surface area contributed by atoms with E-state index in [1.54, 1.807) is 6.20 Å². The molecule has 3 nitrogen and oxygen atoms in total. The first-order valence-corrected chi connectivity index (χ1v) is 6.09. The average Bonchev–Trinajstić information content (AvgIpc) is 2.06. The lowest BCUT2D eigenvalue weighted by Crippen LogP contribution is -2.27. The summed E-state index contributed by atoms with van der Waals surface area (Å²) < 4.78 is 3.20. The number of nitrogens with zero attached hydrogens (tertiary/aromatic N) is 2. The highest BCUT2D eigenvalue weighted by Gasteiger charge is 2.06. The van der Waals surface area contributed by atoms with Crippen LogP contribution >= 0.6 is 45.2 Å². The predicted molar refractivity (Wildman–Crippen MR) is 68.8 cm³/mol. The number of hydrogen-bond donors (Lipinski definition) is 0. The second kappa shape index (κ2) is 4.72.